The van der Waals surface area contributed by atoms with Gasteiger partial charge in [-0.1, -0.05) is 19.1 Å². The molecule has 0 aliphatic rings. The van der Waals surface area contributed by atoms with Crippen molar-refractivity contribution in [2.45, 2.75) is 32.9 Å². The van der Waals surface area contributed by atoms with Gasteiger partial charge < -0.3 is 10.5 Å². The fourth-order valence-electron chi connectivity index (χ4n) is 1.73. The van der Waals surface area contributed by atoms with Gasteiger partial charge in [-0.05, 0) is 43.2 Å². The van der Waals surface area contributed by atoms with E-state index in [1.807, 2.05) is 42.5 Å². The summed E-state index contributed by atoms with van der Waals surface area (Å²) in [5, 5.41) is 0. The average Bonchev–Trinajstić information content (AvgIpc) is 2.84. The van der Waals surface area contributed by atoms with Gasteiger partial charge in [0, 0.05) is 15.8 Å². The molecule has 0 bridgehead atoms. The molecule has 0 aliphatic carbocycles. The number of hydrogen-bond acceptors (Lipinski definition) is 3. The predicted molar refractivity (Wildman–Crippen MR) is 77.1 cm³/mol. The number of thiophene rings is 1. The van der Waals surface area contributed by atoms with Crippen molar-refractivity contribution in [2.24, 2.45) is 5.73 Å². The Labute approximate surface area is 112 Å². The van der Waals surface area contributed by atoms with Crippen LogP contribution in [0, 0.1) is 0 Å². The lowest BCUT2D eigenvalue weighted by Crippen LogP contribution is -2.05. The second-order valence-electron chi connectivity index (χ2n) is 4.37. The molecule has 2 rings (SSSR count). The highest BCUT2D eigenvalue weighted by Crippen LogP contribution is 2.21. The molecule has 0 spiro atoms. The molecule has 0 radical (unpaired) electrons. The van der Waals surface area contributed by atoms with Gasteiger partial charge in [-0.3, -0.25) is 0 Å². The third-order valence-corrected chi connectivity index (χ3v) is 4.03. The van der Waals surface area contributed by atoms with Crippen molar-refractivity contribution in [3.8, 4) is 5.75 Å². The van der Waals surface area contributed by atoms with E-state index in [9.17, 15) is 0 Å². The molecule has 0 amide bonds. The SMILES string of the molecule is CCc1ccc(COc2cccc(C(C)N)c2)s1. The van der Waals surface area contributed by atoms with Gasteiger partial charge in [0.25, 0.3) is 0 Å². The first kappa shape index (κ1) is 13.1. The summed E-state index contributed by atoms with van der Waals surface area (Å²) in [4.78, 5) is 2.66. The van der Waals surface area contributed by atoms with Crippen LogP contribution in [-0.2, 0) is 13.0 Å². The number of hydrogen-bond donors (Lipinski definition) is 1. The lowest BCUT2D eigenvalue weighted by molar-refractivity contribution is 0.309. The van der Waals surface area contributed by atoms with E-state index in [1.54, 1.807) is 0 Å². The van der Waals surface area contributed by atoms with E-state index in [1.165, 1.54) is 9.75 Å². The van der Waals surface area contributed by atoms with Crippen LogP contribution in [0.5, 0.6) is 5.75 Å². The van der Waals surface area contributed by atoms with Gasteiger partial charge >= 0.3 is 0 Å². The van der Waals surface area contributed by atoms with Crippen molar-refractivity contribution < 1.29 is 4.74 Å². The molecule has 0 aliphatic heterocycles. The Morgan fingerprint density at radius 1 is 1.22 bits per heavy atom. The molecular weight excluding hydrogens is 242 g/mol. The molecule has 2 N–H and O–H groups in total. The molecule has 1 heterocycles. The second-order valence-corrected chi connectivity index (χ2v) is 5.62. The van der Waals surface area contributed by atoms with E-state index in [0.717, 1.165) is 17.7 Å². The molecule has 0 saturated heterocycles. The number of benzene rings is 1. The van der Waals surface area contributed by atoms with Crippen LogP contribution in [0.1, 0.15) is 35.2 Å². The molecule has 0 fully saturated rings. The van der Waals surface area contributed by atoms with E-state index >= 15 is 0 Å². The van der Waals surface area contributed by atoms with Crippen molar-refractivity contribution in [3.05, 3.63) is 51.7 Å². The van der Waals surface area contributed by atoms with Crippen molar-refractivity contribution in [3.63, 3.8) is 0 Å². The van der Waals surface area contributed by atoms with Crippen LogP contribution in [-0.4, -0.2) is 0 Å². The highest BCUT2D eigenvalue weighted by molar-refractivity contribution is 7.11. The van der Waals surface area contributed by atoms with E-state index < -0.39 is 0 Å². The van der Waals surface area contributed by atoms with E-state index in [0.29, 0.717) is 6.61 Å². The first-order chi connectivity index (χ1) is 8.69. The predicted octanol–water partition coefficient (Wildman–Crippen LogP) is 3.91. The topological polar surface area (TPSA) is 35.2 Å². The molecule has 1 aromatic heterocycles. The van der Waals surface area contributed by atoms with Crippen molar-refractivity contribution in [2.75, 3.05) is 0 Å². The zero-order valence-electron chi connectivity index (χ0n) is 10.8. The number of ether oxygens (including phenoxy) is 1. The van der Waals surface area contributed by atoms with Crippen LogP contribution in [0.25, 0.3) is 0 Å². The van der Waals surface area contributed by atoms with E-state index in [-0.39, 0.29) is 6.04 Å². The Balaban J connectivity index is 1.99. The summed E-state index contributed by atoms with van der Waals surface area (Å²) in [5.74, 6) is 0.885. The van der Waals surface area contributed by atoms with Crippen LogP contribution >= 0.6 is 11.3 Å². The van der Waals surface area contributed by atoms with Crippen LogP contribution in [0.3, 0.4) is 0 Å². The Bertz CT molecular complexity index is 505. The van der Waals surface area contributed by atoms with Crippen molar-refractivity contribution >= 4 is 11.3 Å². The lowest BCUT2D eigenvalue weighted by atomic mass is 10.1. The van der Waals surface area contributed by atoms with Crippen molar-refractivity contribution in [1.29, 1.82) is 0 Å². The summed E-state index contributed by atoms with van der Waals surface area (Å²) in [6.07, 6.45) is 1.09. The summed E-state index contributed by atoms with van der Waals surface area (Å²) in [6.45, 7) is 4.78. The first-order valence-corrected chi connectivity index (χ1v) is 7.06. The maximum Gasteiger partial charge on any atom is 0.122 e. The van der Waals surface area contributed by atoms with E-state index in [4.69, 9.17) is 10.5 Å². The maximum absolute atomic E-state index is 5.86. The third kappa shape index (κ3) is 3.34. The van der Waals surface area contributed by atoms with Gasteiger partial charge in [0.15, 0.2) is 0 Å². The summed E-state index contributed by atoms with van der Waals surface area (Å²) in [5.41, 5.74) is 6.96. The van der Waals surface area contributed by atoms with Crippen LogP contribution in [0.2, 0.25) is 0 Å². The van der Waals surface area contributed by atoms with Gasteiger partial charge in [0.05, 0.1) is 0 Å². The molecule has 18 heavy (non-hydrogen) atoms. The maximum atomic E-state index is 5.86. The second kappa shape index (κ2) is 6.03. The largest absolute Gasteiger partial charge is 0.488 e. The Hall–Kier alpha value is -1.32. The summed E-state index contributed by atoms with van der Waals surface area (Å²) >= 11 is 1.81. The van der Waals surface area contributed by atoms with E-state index in [2.05, 4.69) is 19.1 Å². The zero-order chi connectivity index (χ0) is 13.0. The van der Waals surface area contributed by atoms with Crippen LogP contribution in [0.4, 0.5) is 0 Å². The summed E-state index contributed by atoms with van der Waals surface area (Å²) in [7, 11) is 0. The molecule has 96 valence electrons. The van der Waals surface area contributed by atoms with Gasteiger partial charge in [-0.15, -0.1) is 11.3 Å². The molecule has 1 aromatic carbocycles. The van der Waals surface area contributed by atoms with Crippen molar-refractivity contribution in [1.82, 2.24) is 0 Å². The van der Waals surface area contributed by atoms with Gasteiger partial charge in [-0.2, -0.15) is 0 Å². The monoisotopic (exact) mass is 261 g/mol. The zero-order valence-corrected chi connectivity index (χ0v) is 11.7. The lowest BCUT2D eigenvalue weighted by Gasteiger charge is -2.09. The smallest absolute Gasteiger partial charge is 0.122 e. The minimum absolute atomic E-state index is 0.0435. The van der Waals surface area contributed by atoms with Crippen LogP contribution in [0.15, 0.2) is 36.4 Å². The standard InChI is InChI=1S/C15H19NOS/c1-3-14-7-8-15(18-14)10-17-13-6-4-5-12(9-13)11(2)16/h4-9,11H,3,10,16H2,1-2H3. The average molecular weight is 261 g/mol. The van der Waals surface area contributed by atoms with Gasteiger partial charge in [0.1, 0.15) is 12.4 Å². The molecular formula is C15H19NOS. The highest BCUT2D eigenvalue weighted by atomic mass is 32.1. The minimum Gasteiger partial charge on any atom is -0.488 e. The normalized spacial score (nSPS) is 12.4. The first-order valence-electron chi connectivity index (χ1n) is 6.25. The molecule has 1 atom stereocenters. The molecule has 0 saturated carbocycles. The Kier molecular flexibility index (Phi) is 4.39. The number of aryl methyl sites for hydroxylation is 1. The Morgan fingerprint density at radius 3 is 2.67 bits per heavy atom. The fourth-order valence-corrected chi connectivity index (χ4v) is 2.60. The molecule has 3 heteroatoms. The molecule has 2 nitrogen and oxygen atoms in total. The van der Waals surface area contributed by atoms with Gasteiger partial charge in [0.2, 0.25) is 0 Å². The fraction of sp³-hybridized carbons (Fsp3) is 0.333. The Morgan fingerprint density at radius 2 is 2.00 bits per heavy atom. The number of nitrogens with two attached hydrogens (primary N) is 1. The number of rotatable bonds is 5. The molecule has 2 aromatic rings. The summed E-state index contributed by atoms with van der Waals surface area (Å²) < 4.78 is 5.80. The quantitative estimate of drug-likeness (QED) is 0.885. The highest BCUT2D eigenvalue weighted by Gasteiger charge is 2.03. The van der Waals surface area contributed by atoms with Gasteiger partial charge in [-0.25, -0.2) is 0 Å². The van der Waals surface area contributed by atoms with Crippen LogP contribution < -0.4 is 10.5 Å². The summed E-state index contributed by atoms with van der Waals surface area (Å²) in [6, 6.07) is 12.3. The third-order valence-electron chi connectivity index (χ3n) is 2.83. The molecule has 1 unspecified atom stereocenters. The minimum atomic E-state index is 0.0435.